The lowest BCUT2D eigenvalue weighted by atomic mass is 10.2. The number of methoxy groups -OCH3 is 1. The fourth-order valence-corrected chi connectivity index (χ4v) is 2.93. The van der Waals surface area contributed by atoms with E-state index in [0.29, 0.717) is 22.3 Å². The van der Waals surface area contributed by atoms with E-state index in [4.69, 9.17) is 9.47 Å². The molecule has 2 aromatic heterocycles. The summed E-state index contributed by atoms with van der Waals surface area (Å²) in [6, 6.07) is 10.6. The third-order valence-electron chi connectivity index (χ3n) is 3.47. The third kappa shape index (κ3) is 4.89. The molecule has 0 aliphatic heterocycles. The van der Waals surface area contributed by atoms with Crippen molar-refractivity contribution in [1.29, 1.82) is 0 Å². The van der Waals surface area contributed by atoms with Gasteiger partial charge in [0, 0.05) is 11.4 Å². The molecule has 0 aliphatic rings. The molecule has 0 bridgehead atoms. The molecule has 0 atom stereocenters. The summed E-state index contributed by atoms with van der Waals surface area (Å²) in [5.74, 6) is 0.792. The number of aromatic nitrogens is 2. The summed E-state index contributed by atoms with van der Waals surface area (Å²) in [5.41, 5.74) is 5.28. The molecule has 0 saturated heterocycles. The van der Waals surface area contributed by atoms with Crippen LogP contribution in [0.3, 0.4) is 0 Å². The van der Waals surface area contributed by atoms with Crippen molar-refractivity contribution in [3.63, 3.8) is 0 Å². The normalized spacial score (nSPS) is 10.8. The number of rotatable bonds is 6. The third-order valence-corrected chi connectivity index (χ3v) is 4.32. The number of ether oxygens (including phenoxy) is 2. The Balaban J connectivity index is 1.70. The molecule has 0 aliphatic carbocycles. The molecule has 3 aromatic rings. The van der Waals surface area contributed by atoms with Crippen LogP contribution in [0.25, 0.3) is 0 Å². The average molecular weight is 382 g/mol. The van der Waals surface area contributed by atoms with E-state index < -0.39 is 5.97 Å². The minimum absolute atomic E-state index is 0.346. The van der Waals surface area contributed by atoms with Gasteiger partial charge in [0.1, 0.15) is 4.88 Å². The van der Waals surface area contributed by atoms with Crippen molar-refractivity contribution in [3.05, 3.63) is 63.6 Å². The van der Waals surface area contributed by atoms with E-state index in [1.807, 2.05) is 25.3 Å². The van der Waals surface area contributed by atoms with E-state index in [1.54, 1.807) is 36.5 Å². The van der Waals surface area contributed by atoms with Crippen molar-refractivity contribution < 1.29 is 14.3 Å². The van der Waals surface area contributed by atoms with Gasteiger partial charge in [-0.1, -0.05) is 6.07 Å². The quantitative estimate of drug-likeness (QED) is 0.302. The number of hydrogen-bond donors (Lipinski definition) is 1. The lowest BCUT2D eigenvalue weighted by molar-refractivity contribution is 0.0735. The monoisotopic (exact) mass is 382 g/mol. The number of hydrazone groups is 1. The van der Waals surface area contributed by atoms with Gasteiger partial charge in [0.25, 0.3) is 0 Å². The fraction of sp³-hybridized carbons (Fsp3) is 0.158. The summed E-state index contributed by atoms with van der Waals surface area (Å²) in [6.07, 6.45) is 1.61. The van der Waals surface area contributed by atoms with E-state index in [0.717, 1.165) is 17.0 Å². The van der Waals surface area contributed by atoms with E-state index in [2.05, 4.69) is 20.5 Å². The van der Waals surface area contributed by atoms with Crippen LogP contribution in [0.15, 0.2) is 46.9 Å². The van der Waals surface area contributed by atoms with Crippen LogP contribution in [0.1, 0.15) is 26.6 Å². The van der Waals surface area contributed by atoms with Crippen molar-refractivity contribution >= 4 is 29.5 Å². The molecule has 2 heterocycles. The zero-order chi connectivity index (χ0) is 19.2. The van der Waals surface area contributed by atoms with Gasteiger partial charge in [0.05, 0.1) is 13.3 Å². The Morgan fingerprint density at radius 3 is 2.59 bits per heavy atom. The molecule has 138 valence electrons. The number of carbonyl (C=O) groups excluding carboxylic acids is 1. The van der Waals surface area contributed by atoms with Gasteiger partial charge in [-0.05, 0) is 55.1 Å². The van der Waals surface area contributed by atoms with Crippen LogP contribution < -0.4 is 14.9 Å². The molecular formula is C19H18N4O3S. The number of nitrogens with one attached hydrogen (secondary N) is 1. The van der Waals surface area contributed by atoms with Crippen molar-refractivity contribution in [3.8, 4) is 11.5 Å². The van der Waals surface area contributed by atoms with Crippen LogP contribution in [-0.2, 0) is 0 Å². The smallest absolute Gasteiger partial charge is 0.353 e. The van der Waals surface area contributed by atoms with Gasteiger partial charge in [0.15, 0.2) is 11.5 Å². The van der Waals surface area contributed by atoms with Crippen LogP contribution in [0, 0.1) is 13.8 Å². The summed E-state index contributed by atoms with van der Waals surface area (Å²) in [5, 5.41) is 5.96. The van der Waals surface area contributed by atoms with Crippen molar-refractivity contribution in [2.75, 3.05) is 12.5 Å². The lowest BCUT2D eigenvalue weighted by Gasteiger charge is -2.09. The number of carbonyl (C=O) groups is 1. The van der Waals surface area contributed by atoms with Gasteiger partial charge < -0.3 is 9.47 Å². The van der Waals surface area contributed by atoms with Crippen molar-refractivity contribution in [2.45, 2.75) is 13.8 Å². The summed E-state index contributed by atoms with van der Waals surface area (Å²) in [6.45, 7) is 3.79. The molecule has 1 aromatic carbocycles. The number of benzene rings is 1. The molecule has 27 heavy (non-hydrogen) atoms. The van der Waals surface area contributed by atoms with Gasteiger partial charge in [0.2, 0.25) is 5.95 Å². The van der Waals surface area contributed by atoms with Crippen molar-refractivity contribution in [2.24, 2.45) is 5.10 Å². The topological polar surface area (TPSA) is 85.7 Å². The number of anilines is 1. The second-order valence-corrected chi connectivity index (χ2v) is 6.57. The average Bonchev–Trinajstić information content (AvgIpc) is 3.17. The Labute approximate surface area is 160 Å². The first-order valence-corrected chi connectivity index (χ1v) is 8.98. The predicted molar refractivity (Wildman–Crippen MR) is 105 cm³/mol. The number of nitrogens with zero attached hydrogens (tertiary/aromatic N) is 3. The predicted octanol–water partition coefficient (Wildman–Crippen LogP) is 3.83. The summed E-state index contributed by atoms with van der Waals surface area (Å²) >= 11 is 1.32. The van der Waals surface area contributed by atoms with Crippen LogP contribution in [0.4, 0.5) is 5.95 Å². The highest BCUT2D eigenvalue weighted by molar-refractivity contribution is 7.12. The van der Waals surface area contributed by atoms with Gasteiger partial charge in [-0.2, -0.15) is 5.10 Å². The molecule has 3 rings (SSSR count). The Bertz CT molecular complexity index is 951. The number of thiophene rings is 1. The Hall–Kier alpha value is -3.26. The summed E-state index contributed by atoms with van der Waals surface area (Å²) in [4.78, 5) is 21.1. The number of hydrogen-bond acceptors (Lipinski definition) is 8. The Morgan fingerprint density at radius 2 is 1.93 bits per heavy atom. The summed E-state index contributed by atoms with van der Waals surface area (Å²) < 4.78 is 10.7. The van der Waals surface area contributed by atoms with Crippen molar-refractivity contribution in [1.82, 2.24) is 9.97 Å². The first-order valence-electron chi connectivity index (χ1n) is 8.10. The second-order valence-electron chi connectivity index (χ2n) is 5.62. The Morgan fingerprint density at radius 1 is 1.15 bits per heavy atom. The standard InChI is InChI=1S/C19H18N4O3S/c1-12-9-13(2)22-19(21-12)23-20-11-14-6-7-15(16(10-14)25-3)26-18(24)17-5-4-8-27-17/h4-11H,1-3H3,(H,21,22,23)/b20-11+. The van der Waals surface area contributed by atoms with E-state index in [9.17, 15) is 4.79 Å². The first kappa shape index (κ1) is 18.5. The zero-order valence-electron chi connectivity index (χ0n) is 15.1. The van der Waals surface area contributed by atoms with Gasteiger partial charge in [-0.15, -0.1) is 11.3 Å². The maximum absolute atomic E-state index is 12.1. The SMILES string of the molecule is COc1cc(/C=N/Nc2nc(C)cc(C)n2)ccc1OC(=O)c1cccs1. The second kappa shape index (κ2) is 8.41. The molecule has 7 nitrogen and oxygen atoms in total. The molecule has 0 radical (unpaired) electrons. The molecule has 0 spiro atoms. The molecule has 8 heteroatoms. The molecular weight excluding hydrogens is 364 g/mol. The van der Waals surface area contributed by atoms with E-state index in [1.165, 1.54) is 18.4 Å². The summed E-state index contributed by atoms with van der Waals surface area (Å²) in [7, 11) is 1.51. The molecule has 0 fully saturated rings. The number of esters is 1. The Kier molecular flexibility index (Phi) is 5.77. The molecule has 0 saturated carbocycles. The van der Waals surface area contributed by atoms with Gasteiger partial charge in [-0.3, -0.25) is 0 Å². The fourth-order valence-electron chi connectivity index (χ4n) is 2.33. The van der Waals surface area contributed by atoms with Crippen LogP contribution in [-0.4, -0.2) is 29.3 Å². The highest BCUT2D eigenvalue weighted by Crippen LogP contribution is 2.28. The zero-order valence-corrected chi connectivity index (χ0v) is 15.9. The minimum atomic E-state index is -0.418. The van der Waals surface area contributed by atoms with Crippen LogP contribution in [0.2, 0.25) is 0 Å². The maximum atomic E-state index is 12.1. The first-order chi connectivity index (χ1) is 13.0. The van der Waals surface area contributed by atoms with Crippen LogP contribution >= 0.6 is 11.3 Å². The highest BCUT2D eigenvalue weighted by atomic mass is 32.1. The van der Waals surface area contributed by atoms with Gasteiger partial charge in [-0.25, -0.2) is 20.2 Å². The molecule has 0 amide bonds. The number of aryl methyl sites for hydroxylation is 2. The van der Waals surface area contributed by atoms with E-state index in [-0.39, 0.29) is 0 Å². The van der Waals surface area contributed by atoms with Crippen LogP contribution in [0.5, 0.6) is 11.5 Å². The largest absolute Gasteiger partial charge is 0.493 e. The maximum Gasteiger partial charge on any atom is 0.353 e. The van der Waals surface area contributed by atoms with Gasteiger partial charge >= 0.3 is 5.97 Å². The molecule has 1 N–H and O–H groups in total. The highest BCUT2D eigenvalue weighted by Gasteiger charge is 2.13. The molecule has 0 unspecified atom stereocenters. The minimum Gasteiger partial charge on any atom is -0.493 e. The lowest BCUT2D eigenvalue weighted by Crippen LogP contribution is -2.07. The van der Waals surface area contributed by atoms with E-state index >= 15 is 0 Å².